The molecule has 2 aromatic carbocycles. The Morgan fingerprint density at radius 2 is 1.83 bits per heavy atom. The molecule has 7 heteroatoms. The van der Waals surface area contributed by atoms with Gasteiger partial charge in [0.15, 0.2) is 17.5 Å². The number of phenols is 1. The van der Waals surface area contributed by atoms with Crippen molar-refractivity contribution in [2.45, 2.75) is 31.7 Å². The minimum absolute atomic E-state index is 0.0291. The van der Waals surface area contributed by atoms with Crippen LogP contribution in [0.1, 0.15) is 30.9 Å². The van der Waals surface area contributed by atoms with Crippen LogP contribution in [-0.4, -0.2) is 38.4 Å². The van der Waals surface area contributed by atoms with Gasteiger partial charge in [0.25, 0.3) is 0 Å². The lowest BCUT2D eigenvalue weighted by Gasteiger charge is -2.19. The number of rotatable bonds is 8. The fourth-order valence-electron chi connectivity index (χ4n) is 3.34. The van der Waals surface area contributed by atoms with Gasteiger partial charge in [0.1, 0.15) is 5.82 Å². The lowest BCUT2D eigenvalue weighted by molar-refractivity contribution is 0.339. The van der Waals surface area contributed by atoms with Crippen LogP contribution in [0.4, 0.5) is 4.39 Å². The molecule has 0 unspecified atom stereocenters. The monoisotopic (exact) mass is 401 g/mol. The molecule has 2 aromatic rings. The fourth-order valence-corrected chi connectivity index (χ4v) is 3.34. The van der Waals surface area contributed by atoms with Gasteiger partial charge in [-0.1, -0.05) is 12.1 Å². The van der Waals surface area contributed by atoms with Crippen LogP contribution >= 0.6 is 0 Å². The quantitative estimate of drug-likeness (QED) is 0.467. The van der Waals surface area contributed by atoms with Crippen LogP contribution in [0, 0.1) is 5.82 Å². The summed E-state index contributed by atoms with van der Waals surface area (Å²) in [5.41, 5.74) is 1.83. The van der Waals surface area contributed by atoms with Gasteiger partial charge in [-0.05, 0) is 55.2 Å². The highest BCUT2D eigenvalue weighted by Gasteiger charge is 2.44. The molecular weight excluding hydrogens is 373 g/mol. The SMILES string of the molecule is CCNC(=NCc1cc(OC)c(O)c(OC)c1)NCC1(c2cccc(F)c2)CC1. The molecule has 156 valence electrons. The number of hydrogen-bond donors (Lipinski definition) is 3. The normalized spacial score (nSPS) is 15.0. The van der Waals surface area contributed by atoms with Crippen LogP contribution in [0.25, 0.3) is 0 Å². The maximum atomic E-state index is 13.6. The van der Waals surface area contributed by atoms with Crippen LogP contribution in [0.5, 0.6) is 17.2 Å². The number of benzene rings is 2. The number of ether oxygens (including phenoxy) is 2. The number of phenolic OH excluding ortho intramolecular Hbond substituents is 1. The number of nitrogens with zero attached hydrogens (tertiary/aromatic N) is 1. The van der Waals surface area contributed by atoms with Crippen molar-refractivity contribution < 1.29 is 19.0 Å². The summed E-state index contributed by atoms with van der Waals surface area (Å²) in [5.74, 6) is 1.13. The molecule has 0 spiro atoms. The van der Waals surface area contributed by atoms with Crippen LogP contribution in [0.2, 0.25) is 0 Å². The molecule has 3 rings (SSSR count). The van der Waals surface area contributed by atoms with Gasteiger partial charge in [-0.25, -0.2) is 9.38 Å². The summed E-state index contributed by atoms with van der Waals surface area (Å²) in [6.45, 7) is 3.80. The van der Waals surface area contributed by atoms with Crippen molar-refractivity contribution >= 4 is 5.96 Å². The molecule has 0 saturated heterocycles. The molecule has 3 N–H and O–H groups in total. The molecule has 29 heavy (non-hydrogen) atoms. The first-order valence-corrected chi connectivity index (χ1v) is 9.73. The average molecular weight is 401 g/mol. The Hall–Kier alpha value is -2.96. The van der Waals surface area contributed by atoms with Crippen LogP contribution in [0.3, 0.4) is 0 Å². The zero-order valence-corrected chi connectivity index (χ0v) is 17.1. The highest BCUT2D eigenvalue weighted by molar-refractivity contribution is 5.80. The van der Waals surface area contributed by atoms with Crippen molar-refractivity contribution in [1.29, 1.82) is 0 Å². The van der Waals surface area contributed by atoms with Crippen molar-refractivity contribution in [3.63, 3.8) is 0 Å². The third-order valence-corrected chi connectivity index (χ3v) is 5.19. The molecule has 0 heterocycles. The number of aliphatic imine (C=N–C) groups is 1. The summed E-state index contributed by atoms with van der Waals surface area (Å²) >= 11 is 0. The zero-order valence-electron chi connectivity index (χ0n) is 17.1. The van der Waals surface area contributed by atoms with Gasteiger partial charge < -0.3 is 25.2 Å². The summed E-state index contributed by atoms with van der Waals surface area (Å²) in [7, 11) is 2.99. The Balaban J connectivity index is 1.71. The first kappa shape index (κ1) is 20.8. The molecule has 0 bridgehead atoms. The highest BCUT2D eigenvalue weighted by atomic mass is 19.1. The standard InChI is InChI=1S/C22H28FN3O3/c1-4-24-21(25-13-15-10-18(28-2)20(27)19(11-15)29-3)26-14-22(8-9-22)16-6-5-7-17(23)12-16/h5-7,10-12,27H,4,8-9,13-14H2,1-3H3,(H2,24,25,26). The Morgan fingerprint density at radius 1 is 1.14 bits per heavy atom. The van der Waals surface area contributed by atoms with E-state index in [1.54, 1.807) is 24.3 Å². The third-order valence-electron chi connectivity index (χ3n) is 5.19. The van der Waals surface area contributed by atoms with E-state index in [1.807, 2.05) is 13.0 Å². The number of nitrogens with one attached hydrogen (secondary N) is 2. The van der Waals surface area contributed by atoms with E-state index in [4.69, 9.17) is 9.47 Å². The highest BCUT2D eigenvalue weighted by Crippen LogP contribution is 2.47. The van der Waals surface area contributed by atoms with Gasteiger partial charge in [0.05, 0.1) is 20.8 Å². The molecule has 6 nitrogen and oxygen atoms in total. The number of hydrogen-bond acceptors (Lipinski definition) is 4. The van der Waals surface area contributed by atoms with E-state index in [0.717, 1.165) is 30.5 Å². The average Bonchev–Trinajstić information content (AvgIpc) is 3.52. The van der Waals surface area contributed by atoms with E-state index >= 15 is 0 Å². The van der Waals surface area contributed by atoms with E-state index in [1.165, 1.54) is 20.3 Å². The van der Waals surface area contributed by atoms with Gasteiger partial charge in [0.2, 0.25) is 5.75 Å². The molecule has 0 atom stereocenters. The maximum Gasteiger partial charge on any atom is 0.200 e. The third kappa shape index (κ3) is 4.91. The van der Waals surface area contributed by atoms with E-state index in [-0.39, 0.29) is 17.0 Å². The molecule has 0 aliphatic heterocycles. The Morgan fingerprint density at radius 3 is 2.38 bits per heavy atom. The molecule has 1 fully saturated rings. The van der Waals surface area contributed by atoms with Gasteiger partial charge in [-0.15, -0.1) is 0 Å². The van der Waals surface area contributed by atoms with E-state index in [2.05, 4.69) is 15.6 Å². The predicted molar refractivity (Wildman–Crippen MR) is 111 cm³/mol. The summed E-state index contributed by atoms with van der Waals surface area (Å²) in [6, 6.07) is 10.3. The number of halogens is 1. The Bertz CT molecular complexity index is 856. The smallest absolute Gasteiger partial charge is 0.200 e. The summed E-state index contributed by atoms with van der Waals surface area (Å²) in [5, 5.41) is 16.7. The molecule has 1 aliphatic carbocycles. The molecular formula is C22H28FN3O3. The molecule has 1 saturated carbocycles. The van der Waals surface area contributed by atoms with Gasteiger partial charge in [-0.2, -0.15) is 0 Å². The zero-order chi connectivity index (χ0) is 20.9. The maximum absolute atomic E-state index is 13.6. The van der Waals surface area contributed by atoms with E-state index < -0.39 is 0 Å². The lowest BCUT2D eigenvalue weighted by Crippen LogP contribution is -2.41. The second-order valence-electron chi connectivity index (χ2n) is 7.19. The van der Waals surface area contributed by atoms with Crippen molar-refractivity contribution in [1.82, 2.24) is 10.6 Å². The van der Waals surface area contributed by atoms with Crippen molar-refractivity contribution in [3.05, 3.63) is 53.3 Å². The van der Waals surface area contributed by atoms with Crippen LogP contribution in [0.15, 0.2) is 41.4 Å². The molecule has 0 aromatic heterocycles. The van der Waals surface area contributed by atoms with Gasteiger partial charge in [0, 0.05) is 18.5 Å². The second-order valence-corrected chi connectivity index (χ2v) is 7.19. The van der Waals surface area contributed by atoms with Crippen molar-refractivity contribution in [2.75, 3.05) is 27.3 Å². The number of guanidine groups is 1. The minimum Gasteiger partial charge on any atom is -0.502 e. The van der Waals surface area contributed by atoms with Crippen LogP contribution in [-0.2, 0) is 12.0 Å². The largest absolute Gasteiger partial charge is 0.502 e. The first-order valence-electron chi connectivity index (χ1n) is 9.73. The Kier molecular flexibility index (Phi) is 6.46. The number of methoxy groups -OCH3 is 2. The fraction of sp³-hybridized carbons (Fsp3) is 0.409. The number of aromatic hydroxyl groups is 1. The molecule has 0 amide bonds. The minimum atomic E-state index is -0.204. The topological polar surface area (TPSA) is 75.1 Å². The van der Waals surface area contributed by atoms with E-state index in [9.17, 15) is 9.50 Å². The van der Waals surface area contributed by atoms with Crippen molar-refractivity contribution in [3.8, 4) is 17.2 Å². The summed E-state index contributed by atoms with van der Waals surface area (Å²) < 4.78 is 24.0. The van der Waals surface area contributed by atoms with E-state index in [0.29, 0.717) is 30.5 Å². The summed E-state index contributed by atoms with van der Waals surface area (Å²) in [4.78, 5) is 4.63. The first-order chi connectivity index (χ1) is 14.0. The second kappa shape index (κ2) is 9.03. The van der Waals surface area contributed by atoms with Gasteiger partial charge >= 0.3 is 0 Å². The molecule has 0 radical (unpaired) electrons. The van der Waals surface area contributed by atoms with Gasteiger partial charge in [-0.3, -0.25) is 0 Å². The Labute approximate surface area is 170 Å². The summed E-state index contributed by atoms with van der Waals surface area (Å²) in [6.07, 6.45) is 2.05. The van der Waals surface area contributed by atoms with Crippen molar-refractivity contribution in [2.24, 2.45) is 4.99 Å². The lowest BCUT2D eigenvalue weighted by atomic mass is 9.96. The van der Waals surface area contributed by atoms with Crippen LogP contribution < -0.4 is 20.1 Å². The predicted octanol–water partition coefficient (Wildman–Crippen LogP) is 3.34. The molecule has 1 aliphatic rings.